The van der Waals surface area contributed by atoms with Crippen molar-refractivity contribution in [2.24, 2.45) is 0 Å². The first-order valence-electron chi connectivity index (χ1n) is 8.58. The smallest absolute Gasteiger partial charge is 0.223 e. The van der Waals surface area contributed by atoms with Crippen molar-refractivity contribution in [1.82, 2.24) is 4.90 Å². The normalized spacial score (nSPS) is 14.5. The van der Waals surface area contributed by atoms with Crippen molar-refractivity contribution in [3.63, 3.8) is 0 Å². The molecule has 1 amide bonds. The molecule has 4 nitrogen and oxygen atoms in total. The first kappa shape index (κ1) is 17.3. The molecule has 0 radical (unpaired) electrons. The van der Waals surface area contributed by atoms with Crippen molar-refractivity contribution < 1.29 is 13.9 Å². The van der Waals surface area contributed by atoms with Gasteiger partial charge >= 0.3 is 0 Å². The summed E-state index contributed by atoms with van der Waals surface area (Å²) in [4.78, 5) is 16.5. The van der Waals surface area contributed by atoms with Crippen molar-refractivity contribution >= 4 is 11.6 Å². The monoisotopic (exact) mass is 342 g/mol. The fraction of sp³-hybridized carbons (Fsp3) is 0.350. The molecule has 25 heavy (non-hydrogen) atoms. The van der Waals surface area contributed by atoms with Gasteiger partial charge in [0.25, 0.3) is 0 Å². The Balaban J connectivity index is 1.53. The standard InChI is InChI=1S/C20H23FN2O2/c1-25-19-9-5-4-8-18(19)22-12-14-23(15-13-22)20(24)11-10-16-6-2-3-7-17(16)21/h2-9H,10-15H2,1H3. The number of aryl methyl sites for hydroxylation is 1. The minimum Gasteiger partial charge on any atom is -0.495 e. The molecule has 0 N–H and O–H groups in total. The van der Waals surface area contributed by atoms with Crippen LogP contribution in [0.25, 0.3) is 0 Å². The number of hydrogen-bond donors (Lipinski definition) is 0. The highest BCUT2D eigenvalue weighted by Crippen LogP contribution is 2.28. The number of piperazine rings is 1. The van der Waals surface area contributed by atoms with Crippen LogP contribution in [0.5, 0.6) is 5.75 Å². The van der Waals surface area contributed by atoms with Crippen LogP contribution in [0, 0.1) is 5.82 Å². The van der Waals surface area contributed by atoms with Gasteiger partial charge in [0.15, 0.2) is 0 Å². The van der Waals surface area contributed by atoms with Gasteiger partial charge in [0.1, 0.15) is 11.6 Å². The number of amides is 1. The molecule has 132 valence electrons. The van der Waals surface area contributed by atoms with E-state index >= 15 is 0 Å². The summed E-state index contributed by atoms with van der Waals surface area (Å²) in [7, 11) is 1.67. The maximum absolute atomic E-state index is 13.6. The third-order valence-electron chi connectivity index (χ3n) is 4.62. The van der Waals surface area contributed by atoms with E-state index in [0.29, 0.717) is 31.5 Å². The first-order valence-corrected chi connectivity index (χ1v) is 8.58. The Bertz CT molecular complexity index is 727. The SMILES string of the molecule is COc1ccccc1N1CCN(C(=O)CCc2ccccc2F)CC1. The van der Waals surface area contributed by atoms with E-state index < -0.39 is 0 Å². The second-order valence-corrected chi connectivity index (χ2v) is 6.13. The topological polar surface area (TPSA) is 32.8 Å². The van der Waals surface area contributed by atoms with Crippen molar-refractivity contribution in [2.45, 2.75) is 12.8 Å². The Labute approximate surface area is 147 Å². The summed E-state index contributed by atoms with van der Waals surface area (Å²) in [6.45, 7) is 2.89. The Morgan fingerprint density at radius 1 is 1.04 bits per heavy atom. The third kappa shape index (κ3) is 4.10. The van der Waals surface area contributed by atoms with Gasteiger partial charge in [-0.15, -0.1) is 0 Å². The van der Waals surface area contributed by atoms with Gasteiger partial charge in [-0.1, -0.05) is 30.3 Å². The molecule has 0 saturated carbocycles. The molecular formula is C20H23FN2O2. The van der Waals surface area contributed by atoms with Crippen LogP contribution in [0.4, 0.5) is 10.1 Å². The molecule has 1 aliphatic rings. The van der Waals surface area contributed by atoms with E-state index in [4.69, 9.17) is 4.74 Å². The Morgan fingerprint density at radius 2 is 1.72 bits per heavy atom. The van der Waals surface area contributed by atoms with E-state index in [-0.39, 0.29) is 11.7 Å². The van der Waals surface area contributed by atoms with E-state index in [0.717, 1.165) is 24.5 Å². The van der Waals surface area contributed by atoms with Crippen LogP contribution < -0.4 is 9.64 Å². The number of rotatable bonds is 5. The van der Waals surface area contributed by atoms with E-state index in [1.165, 1.54) is 6.07 Å². The number of hydrogen-bond acceptors (Lipinski definition) is 3. The molecular weight excluding hydrogens is 319 g/mol. The first-order chi connectivity index (χ1) is 12.2. The van der Waals surface area contributed by atoms with Crippen LogP contribution in [-0.4, -0.2) is 44.1 Å². The largest absolute Gasteiger partial charge is 0.495 e. The van der Waals surface area contributed by atoms with E-state index in [1.807, 2.05) is 29.2 Å². The van der Waals surface area contributed by atoms with Gasteiger partial charge in [-0.05, 0) is 30.2 Å². The summed E-state index contributed by atoms with van der Waals surface area (Å²) in [6, 6.07) is 14.6. The number of para-hydroxylation sites is 2. The zero-order valence-corrected chi connectivity index (χ0v) is 14.5. The van der Waals surface area contributed by atoms with Gasteiger partial charge in [0.2, 0.25) is 5.91 Å². The van der Waals surface area contributed by atoms with Crippen molar-refractivity contribution in [2.75, 3.05) is 38.2 Å². The molecule has 1 aliphatic heterocycles. The Kier molecular flexibility index (Phi) is 5.53. The maximum atomic E-state index is 13.6. The summed E-state index contributed by atoms with van der Waals surface area (Å²) in [5, 5.41) is 0. The van der Waals surface area contributed by atoms with Gasteiger partial charge in [-0.2, -0.15) is 0 Å². The van der Waals surface area contributed by atoms with E-state index in [1.54, 1.807) is 25.3 Å². The number of carbonyl (C=O) groups excluding carboxylic acids is 1. The Hall–Kier alpha value is -2.56. The van der Waals surface area contributed by atoms with Crippen molar-refractivity contribution in [3.05, 3.63) is 59.9 Å². The van der Waals surface area contributed by atoms with Crippen LogP contribution in [0.2, 0.25) is 0 Å². The molecule has 0 aliphatic carbocycles. The minimum atomic E-state index is -0.240. The minimum absolute atomic E-state index is 0.0860. The predicted octanol–water partition coefficient (Wildman–Crippen LogP) is 3.12. The van der Waals surface area contributed by atoms with Crippen LogP contribution in [-0.2, 0) is 11.2 Å². The van der Waals surface area contributed by atoms with Gasteiger partial charge in [0.05, 0.1) is 12.8 Å². The maximum Gasteiger partial charge on any atom is 0.223 e. The fourth-order valence-electron chi connectivity index (χ4n) is 3.19. The molecule has 0 unspecified atom stereocenters. The molecule has 1 fully saturated rings. The van der Waals surface area contributed by atoms with Gasteiger partial charge in [-0.3, -0.25) is 4.79 Å². The van der Waals surface area contributed by atoms with Crippen LogP contribution in [0.3, 0.4) is 0 Å². The highest BCUT2D eigenvalue weighted by molar-refractivity contribution is 5.77. The summed E-state index contributed by atoms with van der Waals surface area (Å²) in [5.74, 6) is 0.695. The lowest BCUT2D eigenvalue weighted by Crippen LogP contribution is -2.49. The average molecular weight is 342 g/mol. The van der Waals surface area contributed by atoms with Gasteiger partial charge in [0, 0.05) is 32.6 Å². The molecule has 0 atom stereocenters. The summed E-state index contributed by atoms with van der Waals surface area (Å²) >= 11 is 0. The number of anilines is 1. The second-order valence-electron chi connectivity index (χ2n) is 6.13. The van der Waals surface area contributed by atoms with Gasteiger partial charge < -0.3 is 14.5 Å². The summed E-state index contributed by atoms with van der Waals surface area (Å²) in [5.41, 5.74) is 1.66. The lowest BCUT2D eigenvalue weighted by molar-refractivity contribution is -0.131. The average Bonchev–Trinajstić information content (AvgIpc) is 2.67. The second kappa shape index (κ2) is 8.01. The zero-order valence-electron chi connectivity index (χ0n) is 14.5. The summed E-state index contributed by atoms with van der Waals surface area (Å²) < 4.78 is 19.1. The third-order valence-corrected chi connectivity index (χ3v) is 4.62. The lowest BCUT2D eigenvalue weighted by Gasteiger charge is -2.36. The van der Waals surface area contributed by atoms with E-state index in [2.05, 4.69) is 4.90 Å². The quantitative estimate of drug-likeness (QED) is 0.837. The Morgan fingerprint density at radius 3 is 2.44 bits per heavy atom. The van der Waals surface area contributed by atoms with Crippen LogP contribution >= 0.6 is 0 Å². The predicted molar refractivity (Wildman–Crippen MR) is 96.5 cm³/mol. The fourth-order valence-corrected chi connectivity index (χ4v) is 3.19. The highest BCUT2D eigenvalue weighted by Gasteiger charge is 2.22. The molecule has 1 heterocycles. The molecule has 0 aromatic heterocycles. The number of ether oxygens (including phenoxy) is 1. The number of carbonyl (C=O) groups is 1. The molecule has 1 saturated heterocycles. The number of nitrogens with zero attached hydrogens (tertiary/aromatic N) is 2. The molecule has 5 heteroatoms. The van der Waals surface area contributed by atoms with Crippen molar-refractivity contribution in [3.8, 4) is 5.75 Å². The van der Waals surface area contributed by atoms with E-state index in [9.17, 15) is 9.18 Å². The molecule has 2 aromatic rings. The molecule has 0 bridgehead atoms. The highest BCUT2D eigenvalue weighted by atomic mass is 19.1. The molecule has 2 aromatic carbocycles. The lowest BCUT2D eigenvalue weighted by atomic mass is 10.1. The van der Waals surface area contributed by atoms with Crippen LogP contribution in [0.1, 0.15) is 12.0 Å². The number of methoxy groups -OCH3 is 1. The number of halogens is 1. The molecule has 3 rings (SSSR count). The van der Waals surface area contributed by atoms with Gasteiger partial charge in [-0.25, -0.2) is 4.39 Å². The number of benzene rings is 2. The zero-order chi connectivity index (χ0) is 17.6. The summed E-state index contributed by atoms with van der Waals surface area (Å²) in [6.07, 6.45) is 0.786. The van der Waals surface area contributed by atoms with Crippen molar-refractivity contribution in [1.29, 1.82) is 0 Å². The molecule has 0 spiro atoms. The van der Waals surface area contributed by atoms with Crippen LogP contribution in [0.15, 0.2) is 48.5 Å².